The number of piperidine rings is 1. The van der Waals surface area contributed by atoms with Crippen LogP contribution in [0, 0.1) is 0 Å². The first-order valence-corrected chi connectivity index (χ1v) is 7.70. The Labute approximate surface area is 130 Å². The van der Waals surface area contributed by atoms with Gasteiger partial charge in [-0.3, -0.25) is 4.68 Å². The molecule has 7 heteroatoms. The predicted octanol–water partition coefficient (Wildman–Crippen LogP) is 2.89. The fraction of sp³-hybridized carbons (Fsp3) is 0.429. The SMILES string of the molecule is Cn1nc(NC2CCN(C(=O)O)CC2)c2ccc(Br)cc21. The first-order chi connectivity index (χ1) is 10.0. The second-order valence-electron chi connectivity index (χ2n) is 5.32. The van der Waals surface area contributed by atoms with Crippen molar-refractivity contribution in [2.45, 2.75) is 18.9 Å². The number of carbonyl (C=O) groups is 1. The Morgan fingerprint density at radius 2 is 2.14 bits per heavy atom. The Kier molecular flexibility index (Phi) is 3.75. The minimum absolute atomic E-state index is 0.266. The van der Waals surface area contributed by atoms with Crippen LogP contribution in [0.25, 0.3) is 10.9 Å². The van der Waals surface area contributed by atoms with Gasteiger partial charge in [-0.15, -0.1) is 0 Å². The fourth-order valence-corrected chi connectivity index (χ4v) is 3.09. The molecule has 1 aromatic carbocycles. The average molecular weight is 353 g/mol. The first-order valence-electron chi connectivity index (χ1n) is 6.91. The van der Waals surface area contributed by atoms with Gasteiger partial charge in [0.2, 0.25) is 0 Å². The average Bonchev–Trinajstić information content (AvgIpc) is 2.75. The van der Waals surface area contributed by atoms with Gasteiger partial charge in [0, 0.05) is 36.0 Å². The summed E-state index contributed by atoms with van der Waals surface area (Å²) < 4.78 is 2.88. The number of carboxylic acid groups (broad SMARTS) is 1. The van der Waals surface area contributed by atoms with Crippen molar-refractivity contribution in [1.29, 1.82) is 0 Å². The highest BCUT2D eigenvalue weighted by Crippen LogP contribution is 2.27. The number of halogens is 1. The van der Waals surface area contributed by atoms with E-state index in [4.69, 9.17) is 5.11 Å². The Morgan fingerprint density at radius 1 is 1.43 bits per heavy atom. The number of aryl methyl sites for hydroxylation is 1. The summed E-state index contributed by atoms with van der Waals surface area (Å²) in [5.74, 6) is 0.869. The van der Waals surface area contributed by atoms with Crippen molar-refractivity contribution in [2.24, 2.45) is 7.05 Å². The maximum atomic E-state index is 10.9. The number of benzene rings is 1. The lowest BCUT2D eigenvalue weighted by Gasteiger charge is -2.30. The second-order valence-corrected chi connectivity index (χ2v) is 6.24. The van der Waals surface area contributed by atoms with Crippen LogP contribution in [0.2, 0.25) is 0 Å². The highest BCUT2D eigenvalue weighted by molar-refractivity contribution is 9.10. The Balaban J connectivity index is 1.76. The molecule has 1 saturated heterocycles. The number of hydrogen-bond acceptors (Lipinski definition) is 3. The molecule has 2 aromatic rings. The van der Waals surface area contributed by atoms with Crippen LogP contribution in [-0.2, 0) is 7.05 Å². The zero-order valence-corrected chi connectivity index (χ0v) is 13.3. The zero-order chi connectivity index (χ0) is 15.0. The van der Waals surface area contributed by atoms with Crippen LogP contribution in [0.4, 0.5) is 10.6 Å². The smallest absolute Gasteiger partial charge is 0.407 e. The third-order valence-corrected chi connectivity index (χ3v) is 4.41. The Morgan fingerprint density at radius 3 is 2.81 bits per heavy atom. The number of amides is 1. The monoisotopic (exact) mass is 352 g/mol. The Hall–Kier alpha value is -1.76. The molecule has 2 N–H and O–H groups in total. The maximum Gasteiger partial charge on any atom is 0.407 e. The molecule has 0 radical (unpaired) electrons. The van der Waals surface area contributed by atoms with Crippen LogP contribution >= 0.6 is 15.9 Å². The Bertz CT molecular complexity index is 677. The lowest BCUT2D eigenvalue weighted by Crippen LogP contribution is -2.41. The van der Waals surface area contributed by atoms with Crippen molar-refractivity contribution < 1.29 is 9.90 Å². The number of rotatable bonds is 2. The first kappa shape index (κ1) is 14.2. The lowest BCUT2D eigenvalue weighted by molar-refractivity contribution is 0.134. The molecule has 21 heavy (non-hydrogen) atoms. The lowest BCUT2D eigenvalue weighted by atomic mass is 10.1. The summed E-state index contributed by atoms with van der Waals surface area (Å²) in [5.41, 5.74) is 1.06. The van der Waals surface area contributed by atoms with Crippen molar-refractivity contribution in [3.63, 3.8) is 0 Å². The molecule has 1 fully saturated rings. The van der Waals surface area contributed by atoms with Gasteiger partial charge in [-0.05, 0) is 31.0 Å². The normalized spacial score (nSPS) is 16.4. The molecule has 0 unspecified atom stereocenters. The molecule has 2 heterocycles. The highest BCUT2D eigenvalue weighted by Gasteiger charge is 2.23. The molecule has 0 saturated carbocycles. The van der Waals surface area contributed by atoms with Crippen molar-refractivity contribution in [2.75, 3.05) is 18.4 Å². The van der Waals surface area contributed by atoms with E-state index < -0.39 is 6.09 Å². The van der Waals surface area contributed by atoms with Crippen LogP contribution in [0.15, 0.2) is 22.7 Å². The van der Waals surface area contributed by atoms with Gasteiger partial charge >= 0.3 is 6.09 Å². The minimum atomic E-state index is -0.832. The van der Waals surface area contributed by atoms with Crippen molar-refractivity contribution in [3.05, 3.63) is 22.7 Å². The van der Waals surface area contributed by atoms with Crippen molar-refractivity contribution in [3.8, 4) is 0 Å². The van der Waals surface area contributed by atoms with Gasteiger partial charge in [-0.2, -0.15) is 5.10 Å². The predicted molar refractivity (Wildman–Crippen MR) is 84.7 cm³/mol. The molecule has 0 spiro atoms. The molecule has 1 aliphatic heterocycles. The number of fused-ring (bicyclic) bond motifs is 1. The molecule has 0 atom stereocenters. The van der Waals surface area contributed by atoms with Gasteiger partial charge in [0.05, 0.1) is 5.52 Å². The summed E-state index contributed by atoms with van der Waals surface area (Å²) in [6, 6.07) is 6.35. The second kappa shape index (κ2) is 5.55. The van der Waals surface area contributed by atoms with Gasteiger partial charge in [-0.1, -0.05) is 15.9 Å². The molecule has 1 aliphatic rings. The summed E-state index contributed by atoms with van der Waals surface area (Å²) >= 11 is 3.47. The molecule has 1 amide bonds. The van der Waals surface area contributed by atoms with Crippen molar-refractivity contribution in [1.82, 2.24) is 14.7 Å². The van der Waals surface area contributed by atoms with E-state index in [0.717, 1.165) is 34.0 Å². The van der Waals surface area contributed by atoms with E-state index in [-0.39, 0.29) is 6.04 Å². The van der Waals surface area contributed by atoms with Crippen LogP contribution in [0.3, 0.4) is 0 Å². The molecule has 1 aromatic heterocycles. The van der Waals surface area contributed by atoms with E-state index in [0.29, 0.717) is 13.1 Å². The van der Waals surface area contributed by atoms with Gasteiger partial charge in [0.1, 0.15) is 0 Å². The highest BCUT2D eigenvalue weighted by atomic mass is 79.9. The molecule has 0 aliphatic carbocycles. The molecular formula is C14H17BrN4O2. The van der Waals surface area contributed by atoms with Gasteiger partial charge < -0.3 is 15.3 Å². The quantitative estimate of drug-likeness (QED) is 0.871. The number of anilines is 1. The maximum absolute atomic E-state index is 10.9. The number of hydrogen-bond donors (Lipinski definition) is 2. The minimum Gasteiger partial charge on any atom is -0.465 e. The summed E-state index contributed by atoms with van der Waals surface area (Å²) in [5, 5.41) is 18.0. The van der Waals surface area contributed by atoms with Gasteiger partial charge in [0.15, 0.2) is 5.82 Å². The van der Waals surface area contributed by atoms with Crippen molar-refractivity contribution >= 4 is 38.7 Å². The van der Waals surface area contributed by atoms with Gasteiger partial charge in [-0.25, -0.2) is 4.79 Å². The topological polar surface area (TPSA) is 70.4 Å². The van der Waals surface area contributed by atoms with E-state index in [1.807, 2.05) is 29.9 Å². The van der Waals surface area contributed by atoms with Crippen LogP contribution in [0.1, 0.15) is 12.8 Å². The summed E-state index contributed by atoms with van der Waals surface area (Å²) in [6.45, 7) is 1.15. The number of aromatic nitrogens is 2. The van der Waals surface area contributed by atoms with E-state index in [9.17, 15) is 4.79 Å². The van der Waals surface area contributed by atoms with Crippen LogP contribution in [-0.4, -0.2) is 45.0 Å². The molecule has 3 rings (SSSR count). The molecule has 112 valence electrons. The third kappa shape index (κ3) is 2.83. The molecular weight excluding hydrogens is 336 g/mol. The van der Waals surface area contributed by atoms with E-state index in [1.165, 1.54) is 4.90 Å². The summed E-state index contributed by atoms with van der Waals surface area (Å²) in [6.07, 6.45) is 0.781. The molecule has 0 bridgehead atoms. The standard InChI is InChI=1S/C14H17BrN4O2/c1-18-12-8-9(15)2-3-11(12)13(17-18)16-10-4-6-19(7-5-10)14(20)21/h2-3,8,10H,4-7H2,1H3,(H,16,17)(H,20,21). The number of nitrogens with zero attached hydrogens (tertiary/aromatic N) is 3. The van der Waals surface area contributed by atoms with Crippen LogP contribution in [0.5, 0.6) is 0 Å². The number of nitrogens with one attached hydrogen (secondary N) is 1. The summed E-state index contributed by atoms with van der Waals surface area (Å²) in [4.78, 5) is 12.4. The largest absolute Gasteiger partial charge is 0.465 e. The third-order valence-electron chi connectivity index (χ3n) is 3.92. The van der Waals surface area contributed by atoms with E-state index in [2.05, 4.69) is 26.3 Å². The zero-order valence-electron chi connectivity index (χ0n) is 11.7. The van der Waals surface area contributed by atoms with E-state index in [1.54, 1.807) is 0 Å². The number of likely N-dealkylation sites (tertiary alicyclic amines) is 1. The van der Waals surface area contributed by atoms with Crippen LogP contribution < -0.4 is 5.32 Å². The molecule has 6 nitrogen and oxygen atoms in total. The summed E-state index contributed by atoms with van der Waals surface area (Å²) in [7, 11) is 1.92. The fourth-order valence-electron chi connectivity index (χ4n) is 2.75. The van der Waals surface area contributed by atoms with Gasteiger partial charge in [0.25, 0.3) is 0 Å². The van der Waals surface area contributed by atoms with E-state index >= 15 is 0 Å².